The Morgan fingerprint density at radius 3 is 2.47 bits per heavy atom. The van der Waals surface area contributed by atoms with Gasteiger partial charge in [-0.1, -0.05) is 30.3 Å². The van der Waals surface area contributed by atoms with Crippen LogP contribution < -0.4 is 10.6 Å². The first-order valence-corrected chi connectivity index (χ1v) is 11.8. The molecule has 9 nitrogen and oxygen atoms in total. The summed E-state index contributed by atoms with van der Waals surface area (Å²) in [7, 11) is 3.56. The van der Waals surface area contributed by atoms with Crippen molar-refractivity contribution < 1.29 is 13.2 Å². The van der Waals surface area contributed by atoms with Crippen LogP contribution in [0.4, 0.5) is 25.1 Å². The van der Waals surface area contributed by atoms with E-state index in [0.717, 1.165) is 38.4 Å². The van der Waals surface area contributed by atoms with Crippen molar-refractivity contribution in [1.82, 2.24) is 34.6 Å². The summed E-state index contributed by atoms with van der Waals surface area (Å²) in [6, 6.07) is 5.48. The fraction of sp³-hybridized carbons (Fsp3) is 0.476. The molecule has 2 aromatic heterocycles. The van der Waals surface area contributed by atoms with Crippen LogP contribution in [0, 0.1) is 0 Å². The lowest BCUT2D eigenvalue weighted by Gasteiger charge is -2.26. The molecule has 1 saturated heterocycles. The minimum atomic E-state index is -4.52. The van der Waals surface area contributed by atoms with Crippen LogP contribution in [0.2, 0.25) is 0 Å². The van der Waals surface area contributed by atoms with Crippen LogP contribution >= 0.6 is 11.8 Å². The van der Waals surface area contributed by atoms with Gasteiger partial charge in [0.2, 0.25) is 11.9 Å². The Morgan fingerprint density at radius 2 is 1.76 bits per heavy atom. The molecule has 0 aliphatic carbocycles. The molecule has 1 fully saturated rings. The summed E-state index contributed by atoms with van der Waals surface area (Å²) in [6.45, 7) is 2.19. The number of halogens is 3. The number of nitrogens with two attached hydrogens (primary N) is 1. The number of alkyl halides is 3. The van der Waals surface area contributed by atoms with E-state index in [1.807, 2.05) is 0 Å². The molecule has 0 bridgehead atoms. The van der Waals surface area contributed by atoms with Crippen LogP contribution in [-0.4, -0.2) is 61.8 Å². The third-order valence-corrected chi connectivity index (χ3v) is 6.31. The zero-order valence-corrected chi connectivity index (χ0v) is 19.8. The highest BCUT2D eigenvalue weighted by atomic mass is 32.2. The summed E-state index contributed by atoms with van der Waals surface area (Å²) >= 11 is 1.20. The lowest BCUT2D eigenvalue weighted by atomic mass is 10.1. The van der Waals surface area contributed by atoms with Gasteiger partial charge in [0, 0.05) is 14.1 Å². The highest BCUT2D eigenvalue weighted by molar-refractivity contribution is 7.98. The van der Waals surface area contributed by atoms with Crippen LogP contribution in [-0.2, 0) is 18.5 Å². The molecule has 0 atom stereocenters. The number of thioether (sulfide) groups is 1. The molecule has 3 heterocycles. The van der Waals surface area contributed by atoms with Crippen molar-refractivity contribution in [2.24, 2.45) is 0 Å². The Bertz CT molecular complexity index is 1130. The lowest BCUT2D eigenvalue weighted by Crippen LogP contribution is -2.30. The number of hydrogen-bond acceptors (Lipinski definition) is 9. The largest absolute Gasteiger partial charge is 0.418 e. The van der Waals surface area contributed by atoms with Crippen LogP contribution in [0.25, 0.3) is 5.69 Å². The number of nitrogens with zero attached hydrogens (tertiary/aromatic N) is 8. The van der Waals surface area contributed by atoms with Crippen LogP contribution in [0.5, 0.6) is 0 Å². The minimum absolute atomic E-state index is 0.00125. The number of anilines is 2. The average molecular weight is 494 g/mol. The molecule has 182 valence electrons. The highest BCUT2D eigenvalue weighted by Gasteiger charge is 2.35. The van der Waals surface area contributed by atoms with E-state index >= 15 is 0 Å². The number of likely N-dealkylation sites (tertiary alicyclic amines) is 1. The first kappa shape index (κ1) is 24.2. The van der Waals surface area contributed by atoms with E-state index in [2.05, 4.69) is 30.0 Å². The Hall–Kier alpha value is -2.93. The monoisotopic (exact) mass is 493 g/mol. The van der Waals surface area contributed by atoms with Crippen molar-refractivity contribution >= 4 is 23.7 Å². The number of piperidine rings is 1. The SMILES string of the molecule is CN(C)c1nc(N)nc(CSc2nnc(CN3CCCCC3)n2-c2ccccc2C(F)(F)F)n1. The first-order chi connectivity index (χ1) is 16.2. The van der Waals surface area contributed by atoms with Crippen LogP contribution in [0.15, 0.2) is 29.4 Å². The highest BCUT2D eigenvalue weighted by Crippen LogP contribution is 2.36. The van der Waals surface area contributed by atoms with Gasteiger partial charge in [-0.2, -0.15) is 28.1 Å². The molecular formula is C21H26F3N9S. The minimum Gasteiger partial charge on any atom is -0.368 e. The molecule has 0 unspecified atom stereocenters. The Labute approximate surface area is 199 Å². The summed E-state index contributed by atoms with van der Waals surface area (Å²) in [6.07, 6.45) is -1.24. The van der Waals surface area contributed by atoms with E-state index in [4.69, 9.17) is 5.73 Å². The second-order valence-electron chi connectivity index (χ2n) is 8.18. The molecule has 1 aromatic carbocycles. The third kappa shape index (κ3) is 5.58. The molecule has 0 saturated carbocycles. The van der Waals surface area contributed by atoms with Gasteiger partial charge < -0.3 is 10.6 Å². The smallest absolute Gasteiger partial charge is 0.368 e. The van der Waals surface area contributed by atoms with Crippen molar-refractivity contribution in [3.05, 3.63) is 41.5 Å². The lowest BCUT2D eigenvalue weighted by molar-refractivity contribution is -0.137. The predicted molar refractivity (Wildman–Crippen MR) is 124 cm³/mol. The van der Waals surface area contributed by atoms with Crippen molar-refractivity contribution in [1.29, 1.82) is 0 Å². The van der Waals surface area contributed by atoms with Crippen molar-refractivity contribution in [3.63, 3.8) is 0 Å². The van der Waals surface area contributed by atoms with E-state index in [9.17, 15) is 13.2 Å². The number of rotatable bonds is 7. The van der Waals surface area contributed by atoms with Crippen molar-refractivity contribution in [3.8, 4) is 5.69 Å². The van der Waals surface area contributed by atoms with E-state index in [0.29, 0.717) is 29.3 Å². The van der Waals surface area contributed by atoms with E-state index in [1.54, 1.807) is 25.1 Å². The van der Waals surface area contributed by atoms with Gasteiger partial charge in [-0.3, -0.25) is 9.47 Å². The van der Waals surface area contributed by atoms with Crippen molar-refractivity contribution in [2.75, 3.05) is 37.8 Å². The molecule has 0 spiro atoms. The number of aromatic nitrogens is 6. The summed E-state index contributed by atoms with van der Waals surface area (Å²) in [5.41, 5.74) is 5.06. The van der Waals surface area contributed by atoms with Gasteiger partial charge in [0.15, 0.2) is 11.0 Å². The Morgan fingerprint density at radius 1 is 1.03 bits per heavy atom. The third-order valence-electron chi connectivity index (χ3n) is 5.38. The zero-order chi connectivity index (χ0) is 24.3. The van der Waals surface area contributed by atoms with Crippen LogP contribution in [0.3, 0.4) is 0 Å². The van der Waals surface area contributed by atoms with E-state index < -0.39 is 11.7 Å². The van der Waals surface area contributed by atoms with E-state index in [1.165, 1.54) is 28.5 Å². The second kappa shape index (κ2) is 10.1. The molecule has 13 heteroatoms. The maximum Gasteiger partial charge on any atom is 0.418 e. The average Bonchev–Trinajstić information content (AvgIpc) is 3.19. The number of hydrogen-bond donors (Lipinski definition) is 1. The topological polar surface area (TPSA) is 102 Å². The Balaban J connectivity index is 1.70. The quantitative estimate of drug-likeness (QED) is 0.496. The molecule has 4 rings (SSSR count). The molecule has 0 radical (unpaired) electrons. The standard InChI is InChI=1S/C21H26F3N9S/c1-31(2)19-27-16(26-18(25)28-19)13-34-20-30-29-17(12-32-10-6-3-7-11-32)33(20)15-9-5-4-8-14(15)21(22,23)24/h4-5,8-9H,3,6-7,10-13H2,1-2H3,(H2,25,26,27,28). The van der Waals surface area contributed by atoms with E-state index in [-0.39, 0.29) is 17.4 Å². The number of para-hydroxylation sites is 1. The fourth-order valence-corrected chi connectivity index (χ4v) is 4.60. The van der Waals surface area contributed by atoms with Gasteiger partial charge in [-0.15, -0.1) is 10.2 Å². The maximum atomic E-state index is 13.9. The maximum absolute atomic E-state index is 13.9. The Kier molecular flexibility index (Phi) is 7.22. The number of benzene rings is 1. The molecule has 2 N–H and O–H groups in total. The van der Waals surface area contributed by atoms with Gasteiger partial charge in [-0.05, 0) is 38.1 Å². The molecule has 1 aliphatic heterocycles. The zero-order valence-electron chi connectivity index (χ0n) is 19.0. The van der Waals surface area contributed by atoms with Gasteiger partial charge >= 0.3 is 6.18 Å². The predicted octanol–water partition coefficient (Wildman–Crippen LogP) is 3.40. The normalized spacial score (nSPS) is 15.0. The molecular weight excluding hydrogens is 467 g/mol. The molecule has 1 aliphatic rings. The molecule has 34 heavy (non-hydrogen) atoms. The number of nitrogen functional groups attached to an aromatic ring is 1. The fourth-order valence-electron chi connectivity index (χ4n) is 3.78. The van der Waals surface area contributed by atoms with Crippen molar-refractivity contribution in [2.45, 2.75) is 42.9 Å². The van der Waals surface area contributed by atoms with Gasteiger partial charge in [0.1, 0.15) is 5.82 Å². The summed E-state index contributed by atoms with van der Waals surface area (Å²) < 4.78 is 43.1. The van der Waals surface area contributed by atoms with Gasteiger partial charge in [0.05, 0.1) is 23.5 Å². The molecule has 0 amide bonds. The summed E-state index contributed by atoms with van der Waals surface area (Å²) in [5.74, 6) is 1.58. The van der Waals surface area contributed by atoms with Gasteiger partial charge in [0.25, 0.3) is 0 Å². The molecule has 3 aromatic rings. The summed E-state index contributed by atoms with van der Waals surface area (Å²) in [4.78, 5) is 16.5. The summed E-state index contributed by atoms with van der Waals surface area (Å²) in [5, 5.41) is 8.86. The first-order valence-electron chi connectivity index (χ1n) is 10.9. The van der Waals surface area contributed by atoms with Gasteiger partial charge in [-0.25, -0.2) is 0 Å². The van der Waals surface area contributed by atoms with Crippen LogP contribution in [0.1, 0.15) is 36.5 Å². The second-order valence-corrected chi connectivity index (χ2v) is 9.12.